The Labute approximate surface area is 121 Å². The molecule has 0 spiro atoms. The van der Waals surface area contributed by atoms with Crippen molar-refractivity contribution in [1.82, 2.24) is 0 Å². The number of benzene rings is 2. The fraction of sp³-hybridized carbons (Fsp3) is 0.333. The van der Waals surface area contributed by atoms with Gasteiger partial charge in [-0.3, -0.25) is 0 Å². The van der Waals surface area contributed by atoms with Gasteiger partial charge >= 0.3 is 0 Å². The predicted octanol–water partition coefficient (Wildman–Crippen LogP) is 3.89. The predicted molar refractivity (Wildman–Crippen MR) is 85.0 cm³/mol. The smallest absolute Gasteiger partial charge is 0.122 e. The first-order chi connectivity index (χ1) is 9.70. The summed E-state index contributed by atoms with van der Waals surface area (Å²) in [7, 11) is 0. The number of hydrogen-bond acceptors (Lipinski definition) is 2. The molecule has 2 heteroatoms. The van der Waals surface area contributed by atoms with Gasteiger partial charge in [0.05, 0.1) is 0 Å². The summed E-state index contributed by atoms with van der Waals surface area (Å²) in [6, 6.07) is 16.9. The second kappa shape index (κ2) is 7.11. The summed E-state index contributed by atoms with van der Waals surface area (Å²) in [5.74, 6) is 1.56. The first-order valence-electron chi connectivity index (χ1n) is 7.22. The zero-order chi connectivity index (χ0) is 14.4. The van der Waals surface area contributed by atoms with Crippen molar-refractivity contribution in [2.75, 3.05) is 13.2 Å². The van der Waals surface area contributed by atoms with Gasteiger partial charge in [0.25, 0.3) is 0 Å². The zero-order valence-electron chi connectivity index (χ0n) is 12.3. The van der Waals surface area contributed by atoms with Gasteiger partial charge in [0.1, 0.15) is 12.4 Å². The quantitative estimate of drug-likeness (QED) is 0.863. The highest BCUT2D eigenvalue weighted by Crippen LogP contribution is 2.28. The third-order valence-electron chi connectivity index (χ3n) is 3.17. The van der Waals surface area contributed by atoms with Crippen LogP contribution in [0, 0.1) is 5.92 Å². The van der Waals surface area contributed by atoms with Crippen LogP contribution in [0.5, 0.6) is 5.75 Å². The molecule has 2 N–H and O–H groups in total. The van der Waals surface area contributed by atoms with Crippen LogP contribution in [0.2, 0.25) is 0 Å². The van der Waals surface area contributed by atoms with E-state index in [-0.39, 0.29) is 0 Å². The molecule has 2 nitrogen and oxygen atoms in total. The minimum absolute atomic E-state index is 0.543. The van der Waals surface area contributed by atoms with Crippen LogP contribution in [0.25, 0.3) is 11.1 Å². The average Bonchev–Trinajstić information content (AvgIpc) is 2.46. The summed E-state index contributed by atoms with van der Waals surface area (Å²) in [5, 5.41) is 0. The molecule has 106 valence electrons. The average molecular weight is 269 g/mol. The molecule has 2 aromatic rings. The maximum absolute atomic E-state index is 5.75. The molecule has 0 aliphatic rings. The molecule has 20 heavy (non-hydrogen) atoms. The Morgan fingerprint density at radius 1 is 1.00 bits per heavy atom. The molecule has 0 unspecified atom stereocenters. The fourth-order valence-electron chi connectivity index (χ4n) is 2.30. The SMILES string of the molecule is CC(C)Cc1cc(-c2ccccc2)ccc1OCCN. The first kappa shape index (κ1) is 14.6. The van der Waals surface area contributed by atoms with Crippen molar-refractivity contribution in [3.8, 4) is 16.9 Å². The Hall–Kier alpha value is -1.80. The molecule has 0 bridgehead atoms. The van der Waals surface area contributed by atoms with Crippen LogP contribution in [0.3, 0.4) is 0 Å². The first-order valence-corrected chi connectivity index (χ1v) is 7.22. The number of rotatable bonds is 6. The van der Waals surface area contributed by atoms with E-state index in [4.69, 9.17) is 10.5 Å². The Balaban J connectivity index is 2.32. The number of nitrogens with two attached hydrogens (primary N) is 1. The second-order valence-corrected chi connectivity index (χ2v) is 5.42. The van der Waals surface area contributed by atoms with Gasteiger partial charge in [-0.1, -0.05) is 50.2 Å². The Kier molecular flexibility index (Phi) is 5.19. The van der Waals surface area contributed by atoms with E-state index in [1.807, 2.05) is 6.07 Å². The van der Waals surface area contributed by atoms with Crippen LogP contribution < -0.4 is 10.5 Å². The van der Waals surface area contributed by atoms with Gasteiger partial charge in [-0.15, -0.1) is 0 Å². The lowest BCUT2D eigenvalue weighted by Gasteiger charge is -2.14. The molecule has 2 aromatic carbocycles. The molecule has 0 amide bonds. The van der Waals surface area contributed by atoms with Crippen LogP contribution in [0.4, 0.5) is 0 Å². The van der Waals surface area contributed by atoms with Crippen molar-refractivity contribution in [1.29, 1.82) is 0 Å². The Morgan fingerprint density at radius 2 is 1.75 bits per heavy atom. The molecular formula is C18H23NO. The van der Waals surface area contributed by atoms with Gasteiger partial charge in [-0.25, -0.2) is 0 Å². The molecule has 0 heterocycles. The van der Waals surface area contributed by atoms with Crippen LogP contribution in [0.15, 0.2) is 48.5 Å². The Bertz CT molecular complexity index is 534. The van der Waals surface area contributed by atoms with E-state index in [0.717, 1.165) is 12.2 Å². The van der Waals surface area contributed by atoms with Crippen molar-refractivity contribution in [3.05, 3.63) is 54.1 Å². The standard InChI is InChI=1S/C18H23NO/c1-14(2)12-17-13-16(15-6-4-3-5-7-15)8-9-18(17)20-11-10-19/h3-9,13-14H,10-12,19H2,1-2H3. The van der Waals surface area contributed by atoms with Crippen LogP contribution >= 0.6 is 0 Å². The highest BCUT2D eigenvalue weighted by molar-refractivity contribution is 5.65. The summed E-state index contributed by atoms with van der Waals surface area (Å²) < 4.78 is 5.75. The molecular weight excluding hydrogens is 246 g/mol. The van der Waals surface area contributed by atoms with E-state index in [1.54, 1.807) is 0 Å². The number of ether oxygens (including phenoxy) is 1. The molecule has 0 atom stereocenters. The van der Waals surface area contributed by atoms with E-state index in [2.05, 4.69) is 56.3 Å². The molecule has 0 aliphatic carbocycles. The van der Waals surface area contributed by atoms with E-state index in [0.29, 0.717) is 19.1 Å². The molecule has 0 aromatic heterocycles. The van der Waals surface area contributed by atoms with Gasteiger partial charge in [-0.05, 0) is 41.2 Å². The monoisotopic (exact) mass is 269 g/mol. The van der Waals surface area contributed by atoms with Gasteiger partial charge in [-0.2, -0.15) is 0 Å². The molecule has 0 saturated carbocycles. The minimum atomic E-state index is 0.543. The van der Waals surface area contributed by atoms with E-state index < -0.39 is 0 Å². The largest absolute Gasteiger partial charge is 0.492 e. The third kappa shape index (κ3) is 3.84. The van der Waals surface area contributed by atoms with Crippen LogP contribution in [0.1, 0.15) is 19.4 Å². The van der Waals surface area contributed by atoms with Crippen molar-refractivity contribution in [3.63, 3.8) is 0 Å². The van der Waals surface area contributed by atoms with Gasteiger partial charge in [0, 0.05) is 6.54 Å². The highest BCUT2D eigenvalue weighted by atomic mass is 16.5. The van der Waals surface area contributed by atoms with E-state index in [1.165, 1.54) is 16.7 Å². The summed E-state index contributed by atoms with van der Waals surface area (Å²) in [5.41, 5.74) is 9.26. The molecule has 0 fully saturated rings. The Morgan fingerprint density at radius 3 is 2.40 bits per heavy atom. The van der Waals surface area contributed by atoms with Crippen molar-refractivity contribution >= 4 is 0 Å². The second-order valence-electron chi connectivity index (χ2n) is 5.42. The van der Waals surface area contributed by atoms with Crippen molar-refractivity contribution in [2.45, 2.75) is 20.3 Å². The minimum Gasteiger partial charge on any atom is -0.492 e. The molecule has 0 saturated heterocycles. The zero-order valence-corrected chi connectivity index (χ0v) is 12.3. The number of hydrogen-bond donors (Lipinski definition) is 1. The normalized spacial score (nSPS) is 10.8. The molecule has 2 rings (SSSR count). The van der Waals surface area contributed by atoms with Crippen LogP contribution in [-0.4, -0.2) is 13.2 Å². The van der Waals surface area contributed by atoms with Crippen molar-refractivity contribution in [2.24, 2.45) is 11.7 Å². The van der Waals surface area contributed by atoms with E-state index >= 15 is 0 Å². The summed E-state index contributed by atoms with van der Waals surface area (Å²) in [4.78, 5) is 0. The maximum Gasteiger partial charge on any atom is 0.122 e. The lowest BCUT2D eigenvalue weighted by Crippen LogP contribution is -2.12. The van der Waals surface area contributed by atoms with Gasteiger partial charge in [0.15, 0.2) is 0 Å². The maximum atomic E-state index is 5.75. The van der Waals surface area contributed by atoms with Gasteiger partial charge in [0.2, 0.25) is 0 Å². The lowest BCUT2D eigenvalue weighted by molar-refractivity contribution is 0.323. The molecule has 0 aliphatic heterocycles. The topological polar surface area (TPSA) is 35.2 Å². The highest BCUT2D eigenvalue weighted by Gasteiger charge is 2.08. The summed E-state index contributed by atoms with van der Waals surface area (Å²) in [6.07, 6.45) is 1.01. The lowest BCUT2D eigenvalue weighted by atomic mass is 9.97. The molecule has 0 radical (unpaired) electrons. The summed E-state index contributed by atoms with van der Waals surface area (Å²) in [6.45, 7) is 5.56. The third-order valence-corrected chi connectivity index (χ3v) is 3.17. The van der Waals surface area contributed by atoms with Crippen molar-refractivity contribution < 1.29 is 4.74 Å². The van der Waals surface area contributed by atoms with Crippen LogP contribution in [-0.2, 0) is 6.42 Å². The fourth-order valence-corrected chi connectivity index (χ4v) is 2.30. The van der Waals surface area contributed by atoms with Gasteiger partial charge < -0.3 is 10.5 Å². The van der Waals surface area contributed by atoms with E-state index in [9.17, 15) is 0 Å². The summed E-state index contributed by atoms with van der Waals surface area (Å²) >= 11 is 0.